The lowest BCUT2D eigenvalue weighted by atomic mass is 9.94. The number of anilines is 1. The summed E-state index contributed by atoms with van der Waals surface area (Å²) in [5, 5.41) is 7.12. The van der Waals surface area contributed by atoms with E-state index in [9.17, 15) is 18.4 Å². The molecule has 0 fully saturated rings. The molecule has 0 saturated carbocycles. The molecule has 0 radical (unpaired) electrons. The molecule has 9 heteroatoms. The highest BCUT2D eigenvalue weighted by atomic mass is 19.2. The van der Waals surface area contributed by atoms with Crippen LogP contribution in [0.2, 0.25) is 0 Å². The second kappa shape index (κ2) is 7.21. The summed E-state index contributed by atoms with van der Waals surface area (Å²) < 4.78 is 34.6. The summed E-state index contributed by atoms with van der Waals surface area (Å²) in [5.74, 6) is -2.56. The molecular weight excluding hydrogens is 370 g/mol. The van der Waals surface area contributed by atoms with Crippen LogP contribution in [-0.2, 0) is 17.8 Å². The van der Waals surface area contributed by atoms with Crippen LogP contribution in [0.25, 0.3) is 0 Å². The number of aromatic nitrogens is 2. The van der Waals surface area contributed by atoms with Crippen molar-refractivity contribution in [1.82, 2.24) is 15.1 Å². The lowest BCUT2D eigenvalue weighted by molar-refractivity contribution is -0.119. The van der Waals surface area contributed by atoms with Gasteiger partial charge in [-0.3, -0.25) is 14.3 Å². The molecule has 1 aromatic heterocycles. The van der Waals surface area contributed by atoms with Crippen molar-refractivity contribution in [2.24, 2.45) is 5.92 Å². The third-order valence-corrected chi connectivity index (χ3v) is 5.18. The van der Waals surface area contributed by atoms with Gasteiger partial charge in [0.15, 0.2) is 11.6 Å². The molecule has 3 heterocycles. The van der Waals surface area contributed by atoms with E-state index in [1.165, 1.54) is 24.1 Å². The van der Waals surface area contributed by atoms with Gasteiger partial charge in [-0.2, -0.15) is 9.49 Å². The number of amides is 2. The second-order valence-corrected chi connectivity index (χ2v) is 7.04. The molecule has 1 unspecified atom stereocenters. The predicted molar refractivity (Wildman–Crippen MR) is 96.3 cm³/mol. The zero-order chi connectivity index (χ0) is 19.8. The van der Waals surface area contributed by atoms with Crippen molar-refractivity contribution in [1.29, 1.82) is 0 Å². The minimum atomic E-state index is -1.09. The Balaban J connectivity index is 1.61. The first-order chi connectivity index (χ1) is 13.5. The first-order valence-corrected chi connectivity index (χ1v) is 9.17. The Bertz CT molecular complexity index is 944. The van der Waals surface area contributed by atoms with Gasteiger partial charge in [0.25, 0.3) is 5.91 Å². The van der Waals surface area contributed by atoms with Crippen LogP contribution < -0.4 is 15.0 Å². The Morgan fingerprint density at radius 3 is 2.93 bits per heavy atom. The van der Waals surface area contributed by atoms with Crippen LogP contribution in [0.1, 0.15) is 29.4 Å². The van der Waals surface area contributed by atoms with Crippen LogP contribution in [0.5, 0.6) is 5.75 Å². The Hall–Kier alpha value is -2.97. The fourth-order valence-corrected chi connectivity index (χ4v) is 3.73. The van der Waals surface area contributed by atoms with Gasteiger partial charge in [-0.15, -0.1) is 0 Å². The number of hydrogen-bond acceptors (Lipinski definition) is 4. The van der Waals surface area contributed by atoms with E-state index in [1.807, 2.05) is 0 Å². The summed E-state index contributed by atoms with van der Waals surface area (Å²) in [6, 6.07) is 2.33. The molecule has 0 saturated heterocycles. The van der Waals surface area contributed by atoms with Crippen molar-refractivity contribution in [2.75, 3.05) is 24.6 Å². The molecule has 7 nitrogen and oxygen atoms in total. The highest BCUT2D eigenvalue weighted by molar-refractivity contribution is 6.07. The topological polar surface area (TPSA) is 76.5 Å². The van der Waals surface area contributed by atoms with Gasteiger partial charge in [-0.1, -0.05) is 0 Å². The first kappa shape index (κ1) is 18.4. The van der Waals surface area contributed by atoms with E-state index in [0.29, 0.717) is 25.1 Å². The standard InChI is InChI=1S/C19H20F2N4O3/c1-11(26)22-9-12-4-5-25-16(8-12)13(10-23-25)19(27)24-6-7-28-18-15(24)3-2-14(20)17(18)21/h2-3,10,12H,4-9H2,1H3,(H,22,26). The number of carbonyl (C=O) groups is 2. The number of hydrogen-bond donors (Lipinski definition) is 1. The lowest BCUT2D eigenvalue weighted by Gasteiger charge is -2.30. The van der Waals surface area contributed by atoms with Crippen molar-refractivity contribution in [3.63, 3.8) is 0 Å². The molecular formula is C19H20F2N4O3. The van der Waals surface area contributed by atoms with Crippen LogP contribution in [0.3, 0.4) is 0 Å². The average molecular weight is 390 g/mol. The maximum Gasteiger partial charge on any atom is 0.261 e. The Morgan fingerprint density at radius 1 is 1.32 bits per heavy atom. The number of nitrogens with one attached hydrogen (secondary N) is 1. The van der Waals surface area contributed by atoms with E-state index in [-0.39, 0.29) is 42.3 Å². The maximum atomic E-state index is 14.0. The van der Waals surface area contributed by atoms with Crippen LogP contribution in [0.4, 0.5) is 14.5 Å². The molecule has 148 valence electrons. The number of aryl methyl sites for hydroxylation is 1. The number of carbonyl (C=O) groups excluding carboxylic acids is 2. The Labute approximate surface area is 160 Å². The minimum Gasteiger partial charge on any atom is -0.486 e. The van der Waals surface area contributed by atoms with E-state index < -0.39 is 11.6 Å². The normalized spacial score (nSPS) is 18.1. The number of ether oxygens (including phenoxy) is 1. The van der Waals surface area contributed by atoms with E-state index in [4.69, 9.17) is 4.74 Å². The van der Waals surface area contributed by atoms with E-state index >= 15 is 0 Å². The minimum absolute atomic E-state index is 0.0771. The van der Waals surface area contributed by atoms with Gasteiger partial charge in [-0.25, -0.2) is 4.39 Å². The Kier molecular flexibility index (Phi) is 4.74. The predicted octanol–water partition coefficient (Wildman–Crippen LogP) is 1.90. The molecule has 0 bridgehead atoms. The van der Waals surface area contributed by atoms with Crippen LogP contribution in [0, 0.1) is 17.6 Å². The van der Waals surface area contributed by atoms with Gasteiger partial charge >= 0.3 is 0 Å². The van der Waals surface area contributed by atoms with Crippen LogP contribution in [0.15, 0.2) is 18.3 Å². The van der Waals surface area contributed by atoms with Crippen LogP contribution in [-0.4, -0.2) is 41.3 Å². The fourth-order valence-electron chi connectivity index (χ4n) is 3.73. The average Bonchev–Trinajstić information content (AvgIpc) is 3.11. The molecule has 2 aliphatic heterocycles. The molecule has 0 spiro atoms. The molecule has 1 aromatic carbocycles. The van der Waals surface area contributed by atoms with Gasteiger partial charge in [0.1, 0.15) is 6.61 Å². The van der Waals surface area contributed by atoms with Crippen molar-refractivity contribution < 1.29 is 23.1 Å². The third-order valence-electron chi connectivity index (χ3n) is 5.18. The SMILES string of the molecule is CC(=O)NCC1CCn2ncc(C(=O)N3CCOc4c3ccc(F)c4F)c2C1. The molecule has 0 aliphatic carbocycles. The summed E-state index contributed by atoms with van der Waals surface area (Å²) in [4.78, 5) is 25.8. The number of nitrogens with zero attached hydrogens (tertiary/aromatic N) is 3. The monoisotopic (exact) mass is 390 g/mol. The number of benzene rings is 1. The zero-order valence-corrected chi connectivity index (χ0v) is 15.4. The summed E-state index contributed by atoms with van der Waals surface area (Å²) in [5.41, 5.74) is 1.44. The largest absolute Gasteiger partial charge is 0.486 e. The Morgan fingerprint density at radius 2 is 2.14 bits per heavy atom. The lowest BCUT2D eigenvalue weighted by Crippen LogP contribution is -2.39. The van der Waals surface area contributed by atoms with Crippen molar-refractivity contribution >= 4 is 17.5 Å². The first-order valence-electron chi connectivity index (χ1n) is 9.17. The maximum absolute atomic E-state index is 14.0. The third kappa shape index (κ3) is 3.21. The molecule has 1 atom stereocenters. The van der Waals surface area contributed by atoms with E-state index in [2.05, 4.69) is 10.4 Å². The quantitative estimate of drug-likeness (QED) is 0.869. The molecule has 1 N–H and O–H groups in total. The number of fused-ring (bicyclic) bond motifs is 2. The van der Waals surface area contributed by atoms with E-state index in [1.54, 1.807) is 4.68 Å². The highest BCUT2D eigenvalue weighted by Gasteiger charge is 2.32. The van der Waals surface area contributed by atoms with E-state index in [0.717, 1.165) is 18.2 Å². The van der Waals surface area contributed by atoms with Gasteiger partial charge in [-0.05, 0) is 30.9 Å². The van der Waals surface area contributed by atoms with Gasteiger partial charge < -0.3 is 15.0 Å². The van der Waals surface area contributed by atoms with Crippen molar-refractivity contribution in [2.45, 2.75) is 26.3 Å². The number of halogens is 2. The number of rotatable bonds is 3. The van der Waals surface area contributed by atoms with Crippen molar-refractivity contribution in [3.8, 4) is 5.75 Å². The zero-order valence-electron chi connectivity index (χ0n) is 15.4. The fraction of sp³-hybridized carbons (Fsp3) is 0.421. The molecule has 2 aromatic rings. The smallest absolute Gasteiger partial charge is 0.261 e. The molecule has 2 aliphatic rings. The summed E-state index contributed by atoms with van der Waals surface area (Å²) in [7, 11) is 0. The van der Waals surface area contributed by atoms with Gasteiger partial charge in [0.05, 0.1) is 29.7 Å². The second-order valence-electron chi connectivity index (χ2n) is 7.04. The van der Waals surface area contributed by atoms with Gasteiger partial charge in [0.2, 0.25) is 11.7 Å². The highest BCUT2D eigenvalue weighted by Crippen LogP contribution is 2.36. The van der Waals surface area contributed by atoms with Crippen molar-refractivity contribution in [3.05, 3.63) is 41.2 Å². The van der Waals surface area contributed by atoms with Gasteiger partial charge in [0, 0.05) is 20.0 Å². The molecule has 4 rings (SSSR count). The summed E-state index contributed by atoms with van der Waals surface area (Å²) in [6.45, 7) is 2.98. The summed E-state index contributed by atoms with van der Waals surface area (Å²) >= 11 is 0. The van der Waals surface area contributed by atoms with Crippen LogP contribution >= 0.6 is 0 Å². The molecule has 2 amide bonds. The summed E-state index contributed by atoms with van der Waals surface area (Å²) in [6.07, 6.45) is 2.98. The molecule has 28 heavy (non-hydrogen) atoms.